The molecule has 1 saturated carbocycles. The van der Waals surface area contributed by atoms with E-state index in [-0.39, 0.29) is 0 Å². The minimum Gasteiger partial charge on any atom is -0.383 e. The minimum atomic E-state index is 0.320. The molecule has 2 aromatic carbocycles. The maximum atomic E-state index is 6.51. The van der Waals surface area contributed by atoms with Crippen molar-refractivity contribution in [2.45, 2.75) is 64.3 Å². The van der Waals surface area contributed by atoms with Gasteiger partial charge in [-0.3, -0.25) is 0 Å². The van der Waals surface area contributed by atoms with Crippen LogP contribution in [0.5, 0.6) is 0 Å². The Morgan fingerprint density at radius 1 is 0.850 bits per heavy atom. The molecule has 4 rings (SSSR count). The van der Waals surface area contributed by atoms with Crippen molar-refractivity contribution >= 4 is 40.5 Å². The molecule has 0 unspecified atom stereocenters. The summed E-state index contributed by atoms with van der Waals surface area (Å²) in [5.41, 5.74) is 11.9. The first-order chi connectivity index (χ1) is 19.5. The maximum Gasteiger partial charge on any atom is 0.172 e. The fourth-order valence-corrected chi connectivity index (χ4v) is 5.06. The van der Waals surface area contributed by atoms with Gasteiger partial charge in [-0.1, -0.05) is 78.5 Å². The molecule has 8 heteroatoms. The SMILES string of the molecule is CN(CCCCCCc1ccccc1)CCCCNC(=C1CC1)c1nc(Cl)c(NCc2ccc(Cl)cc2)nc1N. The molecule has 1 aliphatic rings. The third kappa shape index (κ3) is 9.99. The molecule has 6 nitrogen and oxygen atoms in total. The maximum absolute atomic E-state index is 6.51. The van der Waals surface area contributed by atoms with E-state index in [2.05, 4.69) is 62.9 Å². The molecule has 0 amide bonds. The molecule has 3 aromatic rings. The second kappa shape index (κ2) is 15.8. The lowest BCUT2D eigenvalue weighted by Crippen LogP contribution is -2.22. The van der Waals surface area contributed by atoms with Gasteiger partial charge in [0.2, 0.25) is 0 Å². The van der Waals surface area contributed by atoms with Gasteiger partial charge in [0.1, 0.15) is 5.69 Å². The van der Waals surface area contributed by atoms with Crippen molar-refractivity contribution in [2.75, 3.05) is 37.7 Å². The number of allylic oxidation sites excluding steroid dienone is 1. The summed E-state index contributed by atoms with van der Waals surface area (Å²) in [5.74, 6) is 0.866. The number of nitrogens with one attached hydrogen (secondary N) is 2. The Hall–Kier alpha value is -2.80. The van der Waals surface area contributed by atoms with Gasteiger partial charge in [0.05, 0.1) is 5.70 Å². The van der Waals surface area contributed by atoms with Gasteiger partial charge in [-0.05, 0) is 93.9 Å². The fourth-order valence-electron chi connectivity index (χ4n) is 4.74. The van der Waals surface area contributed by atoms with Gasteiger partial charge < -0.3 is 21.3 Å². The van der Waals surface area contributed by atoms with Gasteiger partial charge in [0.25, 0.3) is 0 Å². The zero-order chi connectivity index (χ0) is 28.2. The highest BCUT2D eigenvalue weighted by molar-refractivity contribution is 6.31. The van der Waals surface area contributed by atoms with Gasteiger partial charge in [0.15, 0.2) is 16.8 Å². The van der Waals surface area contributed by atoms with Crippen LogP contribution in [0.1, 0.15) is 68.2 Å². The van der Waals surface area contributed by atoms with E-state index in [9.17, 15) is 0 Å². The summed E-state index contributed by atoms with van der Waals surface area (Å²) >= 11 is 12.5. The number of aryl methyl sites for hydroxylation is 1. The van der Waals surface area contributed by atoms with Crippen LogP contribution in [0.4, 0.5) is 11.6 Å². The molecule has 0 radical (unpaired) electrons. The number of rotatable bonds is 17. The summed E-state index contributed by atoms with van der Waals surface area (Å²) in [6.07, 6.45) is 10.7. The van der Waals surface area contributed by atoms with Gasteiger partial charge >= 0.3 is 0 Å². The number of unbranched alkanes of at least 4 members (excludes halogenated alkanes) is 4. The quantitative estimate of drug-likeness (QED) is 0.143. The summed E-state index contributed by atoms with van der Waals surface area (Å²) in [7, 11) is 2.23. The van der Waals surface area contributed by atoms with E-state index in [0.29, 0.717) is 34.1 Å². The summed E-state index contributed by atoms with van der Waals surface area (Å²) in [6.45, 7) is 3.71. The van der Waals surface area contributed by atoms with E-state index in [0.717, 1.165) is 56.6 Å². The summed E-state index contributed by atoms with van der Waals surface area (Å²) in [5, 5.41) is 7.85. The number of nitrogen functional groups attached to an aromatic ring is 1. The van der Waals surface area contributed by atoms with Crippen LogP contribution in [0, 0.1) is 0 Å². The van der Waals surface area contributed by atoms with E-state index in [1.54, 1.807) is 0 Å². The molecule has 0 atom stereocenters. The standard InChI is InChI=1S/C32H42Cl2N6/c1-40(21-9-3-2-5-11-24-12-6-4-7-13-24)22-10-8-20-36-28(26-16-17-26)29-31(35)39-32(30(34)38-29)37-23-25-14-18-27(33)19-15-25/h4,6-7,12-15,18-19,36H,2-3,5,8-11,16-17,20-23H2,1H3,(H3,35,37,39). The molecule has 1 aromatic heterocycles. The van der Waals surface area contributed by atoms with Crippen molar-refractivity contribution in [3.05, 3.63) is 87.2 Å². The second-order valence-electron chi connectivity index (χ2n) is 10.6. The minimum absolute atomic E-state index is 0.320. The Bertz CT molecular complexity index is 1220. The number of benzene rings is 2. The van der Waals surface area contributed by atoms with Crippen molar-refractivity contribution < 1.29 is 0 Å². The molecular formula is C32H42Cl2N6. The third-order valence-corrected chi connectivity index (χ3v) is 7.73. The average molecular weight is 582 g/mol. The van der Waals surface area contributed by atoms with Crippen molar-refractivity contribution in [1.82, 2.24) is 20.2 Å². The number of nitrogens with two attached hydrogens (primary N) is 1. The fraction of sp³-hybridized carbons (Fsp3) is 0.438. The highest BCUT2D eigenvalue weighted by Crippen LogP contribution is 2.36. The van der Waals surface area contributed by atoms with Crippen molar-refractivity contribution in [3.8, 4) is 0 Å². The smallest absolute Gasteiger partial charge is 0.172 e. The van der Waals surface area contributed by atoms with E-state index < -0.39 is 0 Å². The second-order valence-corrected chi connectivity index (χ2v) is 11.4. The van der Waals surface area contributed by atoms with Crippen LogP contribution in [-0.4, -0.2) is 41.5 Å². The molecule has 1 heterocycles. The van der Waals surface area contributed by atoms with E-state index >= 15 is 0 Å². The van der Waals surface area contributed by atoms with Gasteiger partial charge in [-0.25, -0.2) is 9.97 Å². The van der Waals surface area contributed by atoms with Gasteiger partial charge in [-0.2, -0.15) is 0 Å². The van der Waals surface area contributed by atoms with Gasteiger partial charge in [-0.15, -0.1) is 0 Å². The first kappa shape index (κ1) is 30.2. The Labute approximate surface area is 249 Å². The van der Waals surface area contributed by atoms with Crippen molar-refractivity contribution in [1.29, 1.82) is 0 Å². The summed E-state index contributed by atoms with van der Waals surface area (Å²) in [6, 6.07) is 18.4. The molecule has 0 spiro atoms. The Morgan fingerprint density at radius 2 is 1.55 bits per heavy atom. The Kier molecular flexibility index (Phi) is 12.0. The Morgan fingerprint density at radius 3 is 2.27 bits per heavy atom. The molecule has 0 aliphatic heterocycles. The first-order valence-electron chi connectivity index (χ1n) is 14.5. The van der Waals surface area contributed by atoms with Crippen LogP contribution in [0.25, 0.3) is 5.70 Å². The highest BCUT2D eigenvalue weighted by Gasteiger charge is 2.23. The molecule has 1 fully saturated rings. The van der Waals surface area contributed by atoms with Crippen LogP contribution < -0.4 is 16.4 Å². The molecule has 1 aliphatic carbocycles. The van der Waals surface area contributed by atoms with Crippen LogP contribution in [0.15, 0.2) is 60.2 Å². The predicted octanol–water partition coefficient (Wildman–Crippen LogP) is 7.59. The average Bonchev–Trinajstić information content (AvgIpc) is 3.80. The number of anilines is 2. The van der Waals surface area contributed by atoms with Crippen molar-refractivity contribution in [3.63, 3.8) is 0 Å². The number of hydrogen-bond donors (Lipinski definition) is 3. The third-order valence-electron chi connectivity index (χ3n) is 7.21. The highest BCUT2D eigenvalue weighted by atomic mass is 35.5. The van der Waals surface area contributed by atoms with E-state index in [1.807, 2.05) is 24.3 Å². The Balaban J connectivity index is 1.14. The summed E-state index contributed by atoms with van der Waals surface area (Å²) in [4.78, 5) is 11.6. The summed E-state index contributed by atoms with van der Waals surface area (Å²) < 4.78 is 0. The van der Waals surface area contributed by atoms with E-state index in [1.165, 1.54) is 43.2 Å². The lowest BCUT2D eigenvalue weighted by molar-refractivity contribution is 0.316. The topological polar surface area (TPSA) is 79.1 Å². The number of hydrogen-bond acceptors (Lipinski definition) is 6. The molecule has 40 heavy (non-hydrogen) atoms. The number of nitrogens with zero attached hydrogens (tertiary/aromatic N) is 3. The number of halogens is 2. The first-order valence-corrected chi connectivity index (χ1v) is 15.3. The lowest BCUT2D eigenvalue weighted by atomic mass is 10.1. The number of aromatic nitrogens is 2. The predicted molar refractivity (Wildman–Crippen MR) is 170 cm³/mol. The van der Waals surface area contributed by atoms with Gasteiger partial charge in [0, 0.05) is 18.1 Å². The molecular weight excluding hydrogens is 539 g/mol. The van der Waals surface area contributed by atoms with Crippen molar-refractivity contribution in [2.24, 2.45) is 0 Å². The van der Waals surface area contributed by atoms with Crippen LogP contribution in [0.3, 0.4) is 0 Å². The van der Waals surface area contributed by atoms with Crippen LogP contribution in [0.2, 0.25) is 10.2 Å². The zero-order valence-electron chi connectivity index (χ0n) is 23.6. The lowest BCUT2D eigenvalue weighted by Gasteiger charge is -2.17. The largest absolute Gasteiger partial charge is 0.383 e. The van der Waals surface area contributed by atoms with E-state index in [4.69, 9.17) is 28.9 Å². The molecule has 4 N–H and O–H groups in total. The normalized spacial score (nSPS) is 12.6. The molecule has 0 bridgehead atoms. The van der Waals surface area contributed by atoms with Crippen LogP contribution >= 0.6 is 23.2 Å². The zero-order valence-corrected chi connectivity index (χ0v) is 25.1. The monoisotopic (exact) mass is 580 g/mol. The van der Waals surface area contributed by atoms with Crippen LogP contribution in [-0.2, 0) is 13.0 Å². The molecule has 214 valence electrons. The molecule has 0 saturated heterocycles.